The number of ether oxygens (including phenoxy) is 2. The van der Waals surface area contributed by atoms with Gasteiger partial charge >= 0.3 is 5.97 Å². The third kappa shape index (κ3) is 3.56. The average Bonchev–Trinajstić information content (AvgIpc) is 2.67. The molecule has 3 aromatic rings. The molecule has 1 aromatic heterocycles. The van der Waals surface area contributed by atoms with Crippen LogP contribution in [0.25, 0.3) is 10.8 Å². The lowest BCUT2D eigenvalue weighted by Gasteiger charge is -2.10. The van der Waals surface area contributed by atoms with Crippen LogP contribution in [0, 0.1) is 5.82 Å². The minimum absolute atomic E-state index is 0.00196. The molecule has 0 bridgehead atoms. The summed E-state index contributed by atoms with van der Waals surface area (Å²) in [5.41, 5.74) is -0.199. The summed E-state index contributed by atoms with van der Waals surface area (Å²) in [5.74, 6) is -1.06. The van der Waals surface area contributed by atoms with E-state index in [2.05, 4.69) is 5.10 Å². The van der Waals surface area contributed by atoms with Crippen LogP contribution >= 0.6 is 0 Å². The van der Waals surface area contributed by atoms with Crippen LogP contribution in [0.1, 0.15) is 17.4 Å². The molecule has 0 N–H and O–H groups in total. The fourth-order valence-corrected chi connectivity index (χ4v) is 2.52. The summed E-state index contributed by atoms with van der Waals surface area (Å²) in [5, 5.41) is 4.93. The maximum Gasteiger partial charge on any atom is 0.359 e. The lowest BCUT2D eigenvalue weighted by atomic mass is 10.1. The first-order chi connectivity index (χ1) is 12.6. The third-order valence-electron chi connectivity index (χ3n) is 3.77. The van der Waals surface area contributed by atoms with Crippen molar-refractivity contribution in [3.8, 4) is 5.75 Å². The highest BCUT2D eigenvalue weighted by molar-refractivity contribution is 6.02. The van der Waals surface area contributed by atoms with Gasteiger partial charge in [-0.25, -0.2) is 13.9 Å². The summed E-state index contributed by atoms with van der Waals surface area (Å²) < 4.78 is 25.1. The number of halogens is 1. The fourth-order valence-electron chi connectivity index (χ4n) is 2.52. The van der Waals surface area contributed by atoms with Crippen LogP contribution in [-0.4, -0.2) is 29.0 Å². The van der Waals surface area contributed by atoms with Crippen molar-refractivity contribution in [2.75, 3.05) is 13.2 Å². The van der Waals surface area contributed by atoms with E-state index < -0.39 is 11.8 Å². The van der Waals surface area contributed by atoms with Gasteiger partial charge in [-0.15, -0.1) is 0 Å². The van der Waals surface area contributed by atoms with E-state index >= 15 is 0 Å². The molecular weight excluding hydrogens is 339 g/mol. The minimum atomic E-state index is -0.666. The van der Waals surface area contributed by atoms with Crippen molar-refractivity contribution in [1.29, 1.82) is 0 Å². The summed E-state index contributed by atoms with van der Waals surface area (Å²) in [6.45, 7) is 2.02. The highest BCUT2D eigenvalue weighted by Crippen LogP contribution is 2.16. The van der Waals surface area contributed by atoms with E-state index in [0.717, 1.165) is 0 Å². The zero-order valence-electron chi connectivity index (χ0n) is 14.1. The second-order valence-corrected chi connectivity index (χ2v) is 5.43. The summed E-state index contributed by atoms with van der Waals surface area (Å²) in [4.78, 5) is 24.7. The van der Waals surface area contributed by atoms with Gasteiger partial charge < -0.3 is 9.47 Å². The highest BCUT2D eigenvalue weighted by Gasteiger charge is 2.17. The van der Waals surface area contributed by atoms with E-state index in [0.29, 0.717) is 17.3 Å². The maximum atomic E-state index is 13.5. The van der Waals surface area contributed by atoms with E-state index in [1.165, 1.54) is 16.8 Å². The molecule has 26 heavy (non-hydrogen) atoms. The molecule has 0 aliphatic rings. The average molecular weight is 356 g/mol. The predicted molar refractivity (Wildman–Crippen MR) is 93.9 cm³/mol. The summed E-state index contributed by atoms with van der Waals surface area (Å²) in [6.07, 6.45) is 0. The van der Waals surface area contributed by atoms with Crippen LogP contribution in [-0.2, 0) is 11.3 Å². The molecule has 0 saturated carbocycles. The van der Waals surface area contributed by atoms with E-state index in [4.69, 9.17) is 9.47 Å². The Bertz CT molecular complexity index is 1000. The van der Waals surface area contributed by atoms with Gasteiger partial charge in [-0.05, 0) is 25.1 Å². The number of carbonyl (C=O) groups excluding carboxylic acids is 1. The second-order valence-electron chi connectivity index (χ2n) is 5.43. The Kier molecular flexibility index (Phi) is 5.26. The number of fused-ring (bicyclic) bond motifs is 1. The topological polar surface area (TPSA) is 70.4 Å². The van der Waals surface area contributed by atoms with Crippen molar-refractivity contribution in [2.24, 2.45) is 0 Å². The number of para-hydroxylation sites is 1. The lowest BCUT2D eigenvalue weighted by molar-refractivity contribution is 0.0441. The Morgan fingerprint density at radius 2 is 1.77 bits per heavy atom. The first-order valence-electron chi connectivity index (χ1n) is 8.16. The van der Waals surface area contributed by atoms with Crippen LogP contribution in [0.4, 0.5) is 4.39 Å². The largest absolute Gasteiger partial charge is 0.487 e. The molecule has 2 aromatic carbocycles. The summed E-state index contributed by atoms with van der Waals surface area (Å²) in [6, 6.07) is 12.7. The standard InChI is InChI=1S/C19H17FN2O4/c1-2-22-18(23)14-8-4-3-7-13(14)17(21-22)19(24)26-12-11-25-16-10-6-5-9-15(16)20/h3-10H,2,11-12H2,1H3. The van der Waals surface area contributed by atoms with Crippen molar-refractivity contribution in [3.05, 3.63) is 70.4 Å². The van der Waals surface area contributed by atoms with Crippen LogP contribution in [0.2, 0.25) is 0 Å². The molecular formula is C19H17FN2O4. The smallest absolute Gasteiger partial charge is 0.359 e. The van der Waals surface area contributed by atoms with Crippen LogP contribution in [0.3, 0.4) is 0 Å². The van der Waals surface area contributed by atoms with Crippen LogP contribution in [0.15, 0.2) is 53.3 Å². The van der Waals surface area contributed by atoms with Gasteiger partial charge in [-0.2, -0.15) is 5.10 Å². The minimum Gasteiger partial charge on any atom is -0.487 e. The van der Waals surface area contributed by atoms with Gasteiger partial charge in [0.25, 0.3) is 5.56 Å². The zero-order chi connectivity index (χ0) is 18.5. The molecule has 0 aliphatic heterocycles. The van der Waals surface area contributed by atoms with Crippen LogP contribution < -0.4 is 10.3 Å². The van der Waals surface area contributed by atoms with E-state index in [9.17, 15) is 14.0 Å². The van der Waals surface area contributed by atoms with Crippen molar-refractivity contribution in [1.82, 2.24) is 9.78 Å². The summed E-state index contributed by atoms with van der Waals surface area (Å²) in [7, 11) is 0. The quantitative estimate of drug-likeness (QED) is 0.502. The third-order valence-corrected chi connectivity index (χ3v) is 3.77. The van der Waals surface area contributed by atoms with Crippen LogP contribution in [0.5, 0.6) is 5.75 Å². The number of benzene rings is 2. The van der Waals surface area contributed by atoms with Crippen molar-refractivity contribution < 1.29 is 18.7 Å². The molecule has 0 saturated heterocycles. The Labute approximate surface area is 148 Å². The number of nitrogens with zero attached hydrogens (tertiary/aromatic N) is 2. The number of esters is 1. The maximum absolute atomic E-state index is 13.5. The number of aryl methyl sites for hydroxylation is 1. The monoisotopic (exact) mass is 356 g/mol. The molecule has 134 valence electrons. The van der Waals surface area contributed by atoms with Crippen molar-refractivity contribution in [3.63, 3.8) is 0 Å². The Balaban J connectivity index is 1.73. The number of hydrogen-bond donors (Lipinski definition) is 0. The molecule has 0 radical (unpaired) electrons. The Hall–Kier alpha value is -3.22. The van der Waals surface area contributed by atoms with Gasteiger partial charge in [-0.3, -0.25) is 4.79 Å². The predicted octanol–water partition coefficient (Wildman–Crippen LogP) is 2.79. The van der Waals surface area contributed by atoms with Gasteiger partial charge in [0.05, 0.1) is 5.39 Å². The second kappa shape index (κ2) is 7.77. The zero-order valence-corrected chi connectivity index (χ0v) is 14.1. The van der Waals surface area contributed by atoms with Crippen molar-refractivity contribution in [2.45, 2.75) is 13.5 Å². The first-order valence-corrected chi connectivity index (χ1v) is 8.16. The van der Waals surface area contributed by atoms with Gasteiger partial charge in [0, 0.05) is 11.9 Å². The molecule has 0 atom stereocenters. The van der Waals surface area contributed by atoms with E-state index in [1.807, 2.05) is 0 Å². The van der Waals surface area contributed by atoms with E-state index in [1.54, 1.807) is 43.3 Å². The van der Waals surface area contributed by atoms with Gasteiger partial charge in [0.1, 0.15) is 13.2 Å². The lowest BCUT2D eigenvalue weighted by Crippen LogP contribution is -2.26. The highest BCUT2D eigenvalue weighted by atomic mass is 19.1. The number of aromatic nitrogens is 2. The molecule has 0 fully saturated rings. The summed E-state index contributed by atoms with van der Waals surface area (Å²) >= 11 is 0. The Morgan fingerprint density at radius 1 is 1.08 bits per heavy atom. The van der Waals surface area contributed by atoms with E-state index in [-0.39, 0.29) is 30.2 Å². The normalized spacial score (nSPS) is 10.7. The molecule has 3 rings (SSSR count). The number of hydrogen-bond acceptors (Lipinski definition) is 5. The molecule has 1 heterocycles. The molecule has 0 spiro atoms. The van der Waals surface area contributed by atoms with Crippen molar-refractivity contribution >= 4 is 16.7 Å². The van der Waals surface area contributed by atoms with Gasteiger partial charge in [0.2, 0.25) is 0 Å². The number of rotatable bonds is 6. The first kappa shape index (κ1) is 17.6. The fraction of sp³-hybridized carbons (Fsp3) is 0.211. The molecule has 0 unspecified atom stereocenters. The van der Waals surface area contributed by atoms with Gasteiger partial charge in [0.15, 0.2) is 17.3 Å². The molecule has 0 amide bonds. The molecule has 0 aliphatic carbocycles. The molecule has 6 nitrogen and oxygen atoms in total. The SMILES string of the molecule is CCn1nc(C(=O)OCCOc2ccccc2F)c2ccccc2c1=O. The number of carbonyl (C=O) groups is 1. The van der Waals surface area contributed by atoms with Gasteiger partial charge in [-0.1, -0.05) is 30.3 Å². The molecule has 7 heteroatoms. The Morgan fingerprint density at radius 3 is 2.50 bits per heavy atom.